The molecule has 2 aromatic heterocycles. The fraction of sp³-hybridized carbons (Fsp3) is 0.143. The number of hydrogen-bond donors (Lipinski definition) is 0. The number of para-hydroxylation sites is 1. The van der Waals surface area contributed by atoms with Crippen LogP contribution in [0.3, 0.4) is 0 Å². The molecule has 0 aliphatic rings. The molecule has 0 saturated carbocycles. The molecular formula is C21H17ClN2O4S2. The molecule has 0 aliphatic heterocycles. The lowest BCUT2D eigenvalue weighted by atomic mass is 10.3. The van der Waals surface area contributed by atoms with Crippen LogP contribution in [0.5, 0.6) is 0 Å². The van der Waals surface area contributed by atoms with Gasteiger partial charge < -0.3 is 4.42 Å². The standard InChI is InChI=1S/C21H17ClN2O4S2/c22-17-9-4-10-18-20(17)23-21(29-18)24(14-15-6-5-12-28-15)19(25)11-13-30(26,27)16-7-2-1-3-8-16/h1-10,12H,11,13-14H2. The molecule has 2 heterocycles. The maximum atomic E-state index is 13.1. The van der Waals surface area contributed by atoms with E-state index in [1.807, 2.05) is 12.1 Å². The van der Waals surface area contributed by atoms with E-state index in [0.29, 0.717) is 21.4 Å². The van der Waals surface area contributed by atoms with Gasteiger partial charge in [-0.3, -0.25) is 9.69 Å². The summed E-state index contributed by atoms with van der Waals surface area (Å²) in [6, 6.07) is 17.0. The number of nitrogens with zero attached hydrogens (tertiary/aromatic N) is 2. The van der Waals surface area contributed by atoms with Gasteiger partial charge >= 0.3 is 0 Å². The Morgan fingerprint density at radius 2 is 1.87 bits per heavy atom. The number of sulfone groups is 1. The van der Waals surface area contributed by atoms with Gasteiger partial charge in [-0.25, -0.2) is 13.4 Å². The van der Waals surface area contributed by atoms with Crippen LogP contribution in [0.1, 0.15) is 12.2 Å². The van der Waals surface area contributed by atoms with Crippen molar-refractivity contribution in [2.45, 2.75) is 17.9 Å². The third-order valence-electron chi connectivity index (χ3n) is 4.47. The molecule has 154 valence electrons. The van der Waals surface area contributed by atoms with Crippen LogP contribution in [-0.4, -0.2) is 25.1 Å². The highest BCUT2D eigenvalue weighted by molar-refractivity contribution is 7.91. The van der Waals surface area contributed by atoms with Crippen molar-refractivity contribution in [2.75, 3.05) is 10.7 Å². The largest absolute Gasteiger partial charge is 0.467 e. The van der Waals surface area contributed by atoms with Crippen LogP contribution in [0.25, 0.3) is 10.2 Å². The first-order chi connectivity index (χ1) is 14.4. The first-order valence-electron chi connectivity index (χ1n) is 9.10. The van der Waals surface area contributed by atoms with Crippen molar-refractivity contribution in [3.63, 3.8) is 0 Å². The van der Waals surface area contributed by atoms with Crippen molar-refractivity contribution in [1.29, 1.82) is 0 Å². The number of carbonyl (C=O) groups is 1. The molecule has 0 fully saturated rings. The average molecular weight is 461 g/mol. The van der Waals surface area contributed by atoms with E-state index in [1.165, 1.54) is 34.6 Å². The van der Waals surface area contributed by atoms with Crippen LogP contribution in [0.15, 0.2) is 76.2 Å². The molecule has 0 atom stereocenters. The van der Waals surface area contributed by atoms with Gasteiger partial charge in [0.05, 0.1) is 33.2 Å². The monoisotopic (exact) mass is 460 g/mol. The summed E-state index contributed by atoms with van der Waals surface area (Å²) >= 11 is 7.55. The molecule has 0 radical (unpaired) electrons. The van der Waals surface area contributed by atoms with Gasteiger partial charge in [0.2, 0.25) is 5.91 Å². The Morgan fingerprint density at radius 1 is 1.07 bits per heavy atom. The zero-order valence-corrected chi connectivity index (χ0v) is 18.1. The van der Waals surface area contributed by atoms with Gasteiger partial charge in [0.15, 0.2) is 15.0 Å². The quantitative estimate of drug-likeness (QED) is 0.390. The Hall–Kier alpha value is -2.68. The molecule has 0 bridgehead atoms. The van der Waals surface area contributed by atoms with Crippen molar-refractivity contribution in [2.24, 2.45) is 0 Å². The molecule has 0 unspecified atom stereocenters. The molecule has 0 aliphatic carbocycles. The van der Waals surface area contributed by atoms with E-state index in [1.54, 1.807) is 36.4 Å². The predicted octanol–water partition coefficient (Wildman–Crippen LogP) is 4.94. The summed E-state index contributed by atoms with van der Waals surface area (Å²) in [6.45, 7) is 0.147. The molecule has 9 heteroatoms. The highest BCUT2D eigenvalue weighted by atomic mass is 35.5. The van der Waals surface area contributed by atoms with Gasteiger partial charge in [-0.2, -0.15) is 0 Å². The molecule has 0 spiro atoms. The van der Waals surface area contributed by atoms with Crippen molar-refractivity contribution < 1.29 is 17.6 Å². The third kappa shape index (κ3) is 4.40. The Labute approximate surface area is 182 Å². The fourth-order valence-corrected chi connectivity index (χ4v) is 5.47. The zero-order valence-electron chi connectivity index (χ0n) is 15.7. The average Bonchev–Trinajstić information content (AvgIpc) is 3.41. The summed E-state index contributed by atoms with van der Waals surface area (Å²) < 4.78 is 31.4. The SMILES string of the molecule is O=C(CCS(=O)(=O)c1ccccc1)N(Cc1ccco1)c1nc2c(Cl)cccc2s1. The number of aromatic nitrogens is 1. The molecule has 4 rings (SSSR count). The molecule has 4 aromatic rings. The second kappa shape index (κ2) is 8.59. The molecule has 30 heavy (non-hydrogen) atoms. The van der Waals surface area contributed by atoms with E-state index in [-0.39, 0.29) is 29.5 Å². The maximum absolute atomic E-state index is 13.1. The Balaban J connectivity index is 1.60. The van der Waals surface area contributed by atoms with E-state index < -0.39 is 9.84 Å². The van der Waals surface area contributed by atoms with E-state index >= 15 is 0 Å². The Bertz CT molecular complexity index is 1270. The molecule has 1 amide bonds. The van der Waals surface area contributed by atoms with Crippen molar-refractivity contribution in [1.82, 2.24) is 4.98 Å². The summed E-state index contributed by atoms with van der Waals surface area (Å²) in [4.78, 5) is 19.2. The van der Waals surface area contributed by atoms with Gasteiger partial charge in [-0.1, -0.05) is 47.2 Å². The topological polar surface area (TPSA) is 80.5 Å². The number of furan rings is 1. The van der Waals surface area contributed by atoms with Crippen LogP contribution < -0.4 is 4.90 Å². The number of amides is 1. The predicted molar refractivity (Wildman–Crippen MR) is 118 cm³/mol. The summed E-state index contributed by atoms with van der Waals surface area (Å²) in [5.41, 5.74) is 0.605. The second-order valence-electron chi connectivity index (χ2n) is 6.52. The number of carbonyl (C=O) groups excluding carboxylic acids is 1. The minimum Gasteiger partial charge on any atom is -0.467 e. The lowest BCUT2D eigenvalue weighted by Crippen LogP contribution is -2.31. The van der Waals surface area contributed by atoms with Crippen LogP contribution in [-0.2, 0) is 21.2 Å². The maximum Gasteiger partial charge on any atom is 0.230 e. The first-order valence-corrected chi connectivity index (χ1v) is 11.9. The number of hydrogen-bond acceptors (Lipinski definition) is 6. The van der Waals surface area contributed by atoms with Gasteiger partial charge in [-0.05, 0) is 36.4 Å². The van der Waals surface area contributed by atoms with Crippen molar-refractivity contribution in [3.05, 3.63) is 77.7 Å². The van der Waals surface area contributed by atoms with Crippen LogP contribution in [0.2, 0.25) is 5.02 Å². The lowest BCUT2D eigenvalue weighted by molar-refractivity contribution is -0.118. The minimum atomic E-state index is -3.57. The van der Waals surface area contributed by atoms with Crippen LogP contribution in [0, 0.1) is 0 Å². The summed E-state index contributed by atoms with van der Waals surface area (Å²) in [5.74, 6) is -0.0865. The number of rotatable bonds is 7. The van der Waals surface area contributed by atoms with E-state index in [4.69, 9.17) is 16.0 Å². The van der Waals surface area contributed by atoms with Gasteiger partial charge in [0.25, 0.3) is 0 Å². The number of fused-ring (bicyclic) bond motifs is 1. The Kier molecular flexibility index (Phi) is 5.90. The first kappa shape index (κ1) is 20.6. The van der Waals surface area contributed by atoms with E-state index in [2.05, 4.69) is 4.98 Å². The van der Waals surface area contributed by atoms with E-state index in [0.717, 1.165) is 4.70 Å². The molecule has 2 aromatic carbocycles. The normalized spacial score (nSPS) is 11.6. The van der Waals surface area contributed by atoms with E-state index in [9.17, 15) is 13.2 Å². The number of halogens is 1. The van der Waals surface area contributed by atoms with Crippen LogP contribution >= 0.6 is 22.9 Å². The van der Waals surface area contributed by atoms with Crippen molar-refractivity contribution in [3.8, 4) is 0 Å². The Morgan fingerprint density at radius 3 is 2.57 bits per heavy atom. The highest BCUT2D eigenvalue weighted by Crippen LogP contribution is 2.34. The zero-order chi connectivity index (χ0) is 21.1. The van der Waals surface area contributed by atoms with Gasteiger partial charge in [0.1, 0.15) is 11.3 Å². The smallest absolute Gasteiger partial charge is 0.230 e. The summed E-state index contributed by atoms with van der Waals surface area (Å²) in [5, 5.41) is 0.934. The number of thiazole rings is 1. The molecule has 0 N–H and O–H groups in total. The van der Waals surface area contributed by atoms with Crippen molar-refractivity contribution >= 4 is 54.0 Å². The molecule has 6 nitrogen and oxygen atoms in total. The van der Waals surface area contributed by atoms with Gasteiger partial charge in [-0.15, -0.1) is 0 Å². The fourth-order valence-electron chi connectivity index (χ4n) is 2.94. The second-order valence-corrected chi connectivity index (χ2v) is 10.0. The highest BCUT2D eigenvalue weighted by Gasteiger charge is 2.24. The van der Waals surface area contributed by atoms with Crippen LogP contribution in [0.4, 0.5) is 5.13 Å². The lowest BCUT2D eigenvalue weighted by Gasteiger charge is -2.18. The number of anilines is 1. The summed E-state index contributed by atoms with van der Waals surface area (Å²) in [6.07, 6.45) is 1.34. The third-order valence-corrected chi connectivity index (χ3v) is 7.55. The number of benzene rings is 2. The molecule has 0 saturated heterocycles. The molecular weight excluding hydrogens is 444 g/mol. The van der Waals surface area contributed by atoms with Gasteiger partial charge in [0, 0.05) is 6.42 Å². The minimum absolute atomic E-state index is 0.147. The summed E-state index contributed by atoms with van der Waals surface area (Å²) in [7, 11) is -3.57.